The second-order valence-electron chi connectivity index (χ2n) is 5.05. The second-order valence-corrected chi connectivity index (χ2v) is 6.28. The van der Waals surface area contributed by atoms with E-state index in [4.69, 9.17) is 15.2 Å². The fourth-order valence-electron chi connectivity index (χ4n) is 2.59. The van der Waals surface area contributed by atoms with Crippen LogP contribution in [0.2, 0.25) is 0 Å². The first-order chi connectivity index (χ1) is 11.4. The predicted molar refractivity (Wildman–Crippen MR) is 94.5 cm³/mol. The maximum Gasteiger partial charge on any atom is 0.263 e. The van der Waals surface area contributed by atoms with Gasteiger partial charge in [0.1, 0.15) is 22.1 Å². The van der Waals surface area contributed by atoms with Crippen LogP contribution in [0.3, 0.4) is 0 Å². The summed E-state index contributed by atoms with van der Waals surface area (Å²) in [4.78, 5) is 25.5. The summed E-state index contributed by atoms with van der Waals surface area (Å²) in [6.45, 7) is 3.84. The summed E-state index contributed by atoms with van der Waals surface area (Å²) < 4.78 is 10.5. The number of amides is 2. The number of carbonyl (C=O) groups is 2. The van der Waals surface area contributed by atoms with Crippen molar-refractivity contribution in [1.82, 2.24) is 0 Å². The molecule has 128 valence electrons. The monoisotopic (exact) mass is 348 g/mol. The Morgan fingerprint density at radius 1 is 1.17 bits per heavy atom. The first-order valence-corrected chi connectivity index (χ1v) is 8.20. The van der Waals surface area contributed by atoms with Crippen molar-refractivity contribution in [2.75, 3.05) is 19.5 Å². The van der Waals surface area contributed by atoms with E-state index in [-0.39, 0.29) is 5.56 Å². The fourth-order valence-corrected chi connectivity index (χ4v) is 3.74. The number of hydrogen-bond acceptors (Lipinski definition) is 5. The zero-order valence-corrected chi connectivity index (χ0v) is 14.9. The highest BCUT2D eigenvalue weighted by atomic mass is 32.1. The summed E-state index contributed by atoms with van der Waals surface area (Å²) >= 11 is 1.33. The van der Waals surface area contributed by atoms with E-state index in [1.54, 1.807) is 18.2 Å². The fraction of sp³-hybridized carbons (Fsp3) is 0.294. The van der Waals surface area contributed by atoms with Crippen molar-refractivity contribution >= 4 is 28.2 Å². The Balaban J connectivity index is 2.47. The molecule has 1 aromatic carbocycles. The van der Waals surface area contributed by atoms with Gasteiger partial charge in [-0.05, 0) is 31.0 Å². The molecule has 0 bridgehead atoms. The number of primary amides is 1. The number of nitrogens with two attached hydrogens (primary N) is 1. The van der Waals surface area contributed by atoms with Crippen molar-refractivity contribution in [1.29, 1.82) is 0 Å². The molecule has 0 saturated carbocycles. The Labute approximate surface area is 144 Å². The van der Waals surface area contributed by atoms with Gasteiger partial charge in [-0.3, -0.25) is 9.59 Å². The highest BCUT2D eigenvalue weighted by Crippen LogP contribution is 2.35. The average Bonchev–Trinajstić information content (AvgIpc) is 2.88. The van der Waals surface area contributed by atoms with Crippen molar-refractivity contribution in [3.8, 4) is 11.5 Å². The van der Waals surface area contributed by atoms with E-state index in [0.29, 0.717) is 28.5 Å². The second kappa shape index (κ2) is 7.35. The van der Waals surface area contributed by atoms with E-state index in [2.05, 4.69) is 5.32 Å². The number of thiophene rings is 1. The molecule has 0 unspecified atom stereocenters. The van der Waals surface area contributed by atoms with E-state index in [1.807, 2.05) is 13.8 Å². The lowest BCUT2D eigenvalue weighted by molar-refractivity contribution is 0.100. The molecule has 0 saturated heterocycles. The largest absolute Gasteiger partial charge is 0.496 e. The smallest absolute Gasteiger partial charge is 0.263 e. The molecule has 0 spiro atoms. The number of benzene rings is 1. The van der Waals surface area contributed by atoms with E-state index in [9.17, 15) is 9.59 Å². The van der Waals surface area contributed by atoms with Crippen LogP contribution in [0.15, 0.2) is 18.2 Å². The van der Waals surface area contributed by atoms with E-state index < -0.39 is 11.8 Å². The zero-order chi connectivity index (χ0) is 17.9. The average molecular weight is 348 g/mol. The SMILES string of the molecule is CCc1c(C)sc(NC(=O)c2c(OC)cccc2OC)c1C(N)=O. The first-order valence-electron chi connectivity index (χ1n) is 7.38. The molecule has 2 rings (SSSR count). The number of methoxy groups -OCH3 is 2. The lowest BCUT2D eigenvalue weighted by Crippen LogP contribution is -2.19. The van der Waals surface area contributed by atoms with Gasteiger partial charge in [0.15, 0.2) is 0 Å². The summed E-state index contributed by atoms with van der Waals surface area (Å²) in [5.74, 6) is -0.206. The standard InChI is InChI=1S/C17H20N2O4S/c1-5-10-9(2)24-17(13(10)15(18)20)19-16(21)14-11(22-3)7-6-8-12(14)23-4/h6-8H,5H2,1-4H3,(H2,18,20)(H,19,21). The summed E-state index contributed by atoms with van der Waals surface area (Å²) in [6.07, 6.45) is 0.661. The number of aryl methyl sites for hydroxylation is 1. The molecule has 0 atom stereocenters. The molecule has 0 radical (unpaired) electrons. The minimum Gasteiger partial charge on any atom is -0.496 e. The number of anilines is 1. The third-order valence-electron chi connectivity index (χ3n) is 3.69. The van der Waals surface area contributed by atoms with Crippen molar-refractivity contribution in [3.63, 3.8) is 0 Å². The minimum absolute atomic E-state index is 0.266. The molecule has 0 aliphatic heterocycles. The Bertz CT molecular complexity index is 761. The van der Waals surface area contributed by atoms with Gasteiger partial charge < -0.3 is 20.5 Å². The molecule has 3 N–H and O–H groups in total. The molecule has 24 heavy (non-hydrogen) atoms. The summed E-state index contributed by atoms with van der Waals surface area (Å²) in [6, 6.07) is 5.07. The van der Waals surface area contributed by atoms with Gasteiger partial charge in [-0.15, -0.1) is 11.3 Å². The maximum absolute atomic E-state index is 12.7. The van der Waals surface area contributed by atoms with Crippen LogP contribution in [0.1, 0.15) is 38.1 Å². The van der Waals surface area contributed by atoms with Gasteiger partial charge in [0.2, 0.25) is 0 Å². The van der Waals surface area contributed by atoms with E-state index in [0.717, 1.165) is 10.4 Å². The zero-order valence-electron chi connectivity index (χ0n) is 14.1. The van der Waals surface area contributed by atoms with Crippen LogP contribution >= 0.6 is 11.3 Å². The highest BCUT2D eigenvalue weighted by Gasteiger charge is 2.24. The summed E-state index contributed by atoms with van der Waals surface area (Å²) in [7, 11) is 2.95. The normalized spacial score (nSPS) is 10.3. The quantitative estimate of drug-likeness (QED) is 0.839. The topological polar surface area (TPSA) is 90.7 Å². The molecular formula is C17H20N2O4S. The third kappa shape index (κ3) is 3.21. The van der Waals surface area contributed by atoms with Gasteiger partial charge in [-0.1, -0.05) is 13.0 Å². The van der Waals surface area contributed by atoms with Crippen molar-refractivity contribution in [2.45, 2.75) is 20.3 Å². The maximum atomic E-state index is 12.7. The van der Waals surface area contributed by atoms with Gasteiger partial charge in [0.05, 0.1) is 19.8 Å². The lowest BCUT2D eigenvalue weighted by Gasteiger charge is -2.13. The molecule has 0 fully saturated rings. The van der Waals surface area contributed by atoms with Gasteiger partial charge in [-0.25, -0.2) is 0 Å². The van der Waals surface area contributed by atoms with Gasteiger partial charge in [0, 0.05) is 4.88 Å². The van der Waals surface area contributed by atoms with E-state index in [1.165, 1.54) is 25.6 Å². The Morgan fingerprint density at radius 2 is 1.75 bits per heavy atom. The van der Waals surface area contributed by atoms with Crippen LogP contribution in [0.25, 0.3) is 0 Å². The molecule has 1 heterocycles. The molecule has 0 aliphatic rings. The highest BCUT2D eigenvalue weighted by molar-refractivity contribution is 7.16. The minimum atomic E-state index is -0.557. The lowest BCUT2D eigenvalue weighted by atomic mass is 10.1. The molecule has 2 aromatic rings. The number of nitrogens with one attached hydrogen (secondary N) is 1. The van der Waals surface area contributed by atoms with E-state index >= 15 is 0 Å². The molecular weight excluding hydrogens is 328 g/mol. The van der Waals surface area contributed by atoms with Crippen molar-refractivity contribution in [2.24, 2.45) is 5.73 Å². The Morgan fingerprint density at radius 3 is 2.21 bits per heavy atom. The molecule has 6 nitrogen and oxygen atoms in total. The molecule has 0 aliphatic carbocycles. The van der Waals surface area contributed by atoms with Gasteiger partial charge >= 0.3 is 0 Å². The molecule has 7 heteroatoms. The Hall–Kier alpha value is -2.54. The van der Waals surface area contributed by atoms with Gasteiger partial charge in [-0.2, -0.15) is 0 Å². The summed E-state index contributed by atoms with van der Waals surface area (Å²) in [5, 5.41) is 3.21. The van der Waals surface area contributed by atoms with Crippen LogP contribution in [-0.4, -0.2) is 26.0 Å². The van der Waals surface area contributed by atoms with Crippen molar-refractivity contribution < 1.29 is 19.1 Å². The summed E-state index contributed by atoms with van der Waals surface area (Å²) in [5.41, 5.74) is 6.98. The molecule has 2 amide bonds. The van der Waals surface area contributed by atoms with Crippen LogP contribution < -0.4 is 20.5 Å². The number of carbonyl (C=O) groups excluding carboxylic acids is 2. The number of ether oxygens (including phenoxy) is 2. The van der Waals surface area contributed by atoms with Crippen LogP contribution in [0, 0.1) is 6.92 Å². The predicted octanol–water partition coefficient (Wildman–Crippen LogP) is 2.99. The van der Waals surface area contributed by atoms with Crippen LogP contribution in [0.4, 0.5) is 5.00 Å². The van der Waals surface area contributed by atoms with Crippen LogP contribution in [-0.2, 0) is 6.42 Å². The molecule has 1 aromatic heterocycles. The third-order valence-corrected chi connectivity index (χ3v) is 4.75. The number of rotatable bonds is 6. The first kappa shape index (κ1) is 17.8. The Kier molecular flexibility index (Phi) is 5.46. The van der Waals surface area contributed by atoms with Gasteiger partial charge in [0.25, 0.3) is 11.8 Å². The number of hydrogen-bond donors (Lipinski definition) is 2. The van der Waals surface area contributed by atoms with Crippen molar-refractivity contribution in [3.05, 3.63) is 39.8 Å². The van der Waals surface area contributed by atoms with Crippen LogP contribution in [0.5, 0.6) is 11.5 Å².